The topological polar surface area (TPSA) is 124 Å². The van der Waals surface area contributed by atoms with Crippen molar-refractivity contribution in [1.29, 1.82) is 5.26 Å². The van der Waals surface area contributed by atoms with Crippen molar-refractivity contribution in [2.75, 3.05) is 13.2 Å². The predicted molar refractivity (Wildman–Crippen MR) is 114 cm³/mol. The van der Waals surface area contributed by atoms with Crippen molar-refractivity contribution in [2.24, 2.45) is 0 Å². The molecule has 3 rings (SSSR count). The molecule has 0 amide bonds. The van der Waals surface area contributed by atoms with E-state index in [0.717, 1.165) is 24.4 Å². The van der Waals surface area contributed by atoms with Crippen LogP contribution >= 0.6 is 27.5 Å². The Morgan fingerprint density at radius 2 is 2.03 bits per heavy atom. The number of hydrogen-bond donors (Lipinski definition) is 1. The number of alkyl halides is 3. The first kappa shape index (κ1) is 26.2. The third-order valence-corrected chi connectivity index (χ3v) is 5.08. The third kappa shape index (κ3) is 5.81. The second-order valence-corrected chi connectivity index (χ2v) is 8.03. The molecule has 0 unspecified atom stereocenters. The molecule has 0 aliphatic rings. The summed E-state index contributed by atoms with van der Waals surface area (Å²) in [7, 11) is 0. The molecule has 35 heavy (non-hydrogen) atoms. The van der Waals surface area contributed by atoms with Gasteiger partial charge in [-0.15, -0.1) is 0 Å². The molecule has 0 aliphatic carbocycles. The Hall–Kier alpha value is -3.41. The summed E-state index contributed by atoms with van der Waals surface area (Å²) < 4.78 is 66.2. The molecule has 3 aromatic rings. The first-order valence-corrected chi connectivity index (χ1v) is 10.5. The largest absolute Gasteiger partial charge is 0.618 e. The highest BCUT2D eigenvalue weighted by Crippen LogP contribution is 2.36. The Labute approximate surface area is 207 Å². The highest BCUT2D eigenvalue weighted by atomic mass is 79.9. The summed E-state index contributed by atoms with van der Waals surface area (Å²) in [6.45, 7) is -1.09. The molecule has 9 nitrogen and oxygen atoms in total. The number of benzene rings is 1. The van der Waals surface area contributed by atoms with Crippen molar-refractivity contribution >= 4 is 27.5 Å². The molecule has 0 atom stereocenters. The lowest BCUT2D eigenvalue weighted by Gasteiger charge is -2.15. The normalized spacial score (nSPS) is 11.3. The number of aromatic nitrogens is 3. The van der Waals surface area contributed by atoms with Crippen LogP contribution in [0.25, 0.3) is 0 Å². The maximum absolute atomic E-state index is 14.5. The predicted octanol–water partition coefficient (Wildman–Crippen LogP) is 3.53. The first-order valence-electron chi connectivity index (χ1n) is 9.35. The first-order chi connectivity index (χ1) is 16.5. The van der Waals surface area contributed by atoms with E-state index in [1.807, 2.05) is 0 Å². The van der Waals surface area contributed by atoms with Gasteiger partial charge >= 0.3 is 6.18 Å². The summed E-state index contributed by atoms with van der Waals surface area (Å²) in [4.78, 5) is 16.1. The quantitative estimate of drug-likeness (QED) is 0.258. The molecular formula is C20H12BrClF4N4O5. The molecule has 0 spiro atoms. The maximum atomic E-state index is 14.5. The highest BCUT2D eigenvalue weighted by Gasteiger charge is 2.39. The van der Waals surface area contributed by atoms with E-state index in [1.54, 1.807) is 0 Å². The number of pyridine rings is 1. The average Bonchev–Trinajstić information content (AvgIpc) is 2.78. The zero-order valence-electron chi connectivity index (χ0n) is 17.1. The van der Waals surface area contributed by atoms with Crippen molar-refractivity contribution in [3.63, 3.8) is 0 Å². The minimum Gasteiger partial charge on any atom is -0.618 e. The molecule has 1 N–H and O–H groups in total. The van der Waals surface area contributed by atoms with Crippen LogP contribution in [0.1, 0.15) is 17.0 Å². The fourth-order valence-corrected chi connectivity index (χ4v) is 3.46. The van der Waals surface area contributed by atoms with Gasteiger partial charge in [-0.2, -0.15) is 23.2 Å². The molecule has 1 aromatic carbocycles. The van der Waals surface area contributed by atoms with Gasteiger partial charge < -0.3 is 19.8 Å². The number of rotatable bonds is 7. The Balaban J connectivity index is 2.08. The van der Waals surface area contributed by atoms with Crippen LogP contribution in [0.2, 0.25) is 5.02 Å². The lowest BCUT2D eigenvalue weighted by molar-refractivity contribution is -0.614. The molecule has 0 radical (unpaired) electrons. The van der Waals surface area contributed by atoms with Crippen LogP contribution in [0.4, 0.5) is 17.6 Å². The van der Waals surface area contributed by atoms with Gasteiger partial charge in [0.2, 0.25) is 23.4 Å². The number of hydrogen-bond acceptors (Lipinski definition) is 7. The van der Waals surface area contributed by atoms with Crippen LogP contribution in [0, 0.1) is 22.4 Å². The van der Waals surface area contributed by atoms with Crippen LogP contribution in [-0.4, -0.2) is 27.9 Å². The molecule has 0 aliphatic heterocycles. The number of halogens is 6. The molecule has 0 saturated heterocycles. The number of ether oxygens (including phenoxy) is 2. The second kappa shape index (κ2) is 10.5. The molecule has 0 bridgehead atoms. The molecule has 2 heterocycles. The number of aliphatic hydroxyl groups is 1. The summed E-state index contributed by atoms with van der Waals surface area (Å²) in [5.41, 5.74) is -3.85. The Bertz CT molecular complexity index is 1380. The van der Waals surface area contributed by atoms with Crippen LogP contribution in [0.5, 0.6) is 17.2 Å². The van der Waals surface area contributed by atoms with E-state index >= 15 is 0 Å². The summed E-state index contributed by atoms with van der Waals surface area (Å²) in [6, 6.07) is 4.63. The second-order valence-electron chi connectivity index (χ2n) is 6.71. The van der Waals surface area contributed by atoms with E-state index in [2.05, 4.69) is 20.9 Å². The summed E-state index contributed by atoms with van der Waals surface area (Å²) in [6.07, 6.45) is -3.70. The van der Waals surface area contributed by atoms with Gasteiger partial charge in [0.15, 0.2) is 17.3 Å². The summed E-state index contributed by atoms with van der Waals surface area (Å²) in [5.74, 6) is -3.56. The number of nitriles is 1. The van der Waals surface area contributed by atoms with E-state index in [0.29, 0.717) is 10.9 Å². The van der Waals surface area contributed by atoms with E-state index in [-0.39, 0.29) is 38.9 Å². The van der Waals surface area contributed by atoms with Crippen LogP contribution in [0.15, 0.2) is 40.0 Å². The fraction of sp³-hybridized carbons (Fsp3) is 0.200. The molecule has 15 heteroatoms. The minimum absolute atomic E-state index is 0.0646. The molecule has 0 fully saturated rings. The third-order valence-electron chi connectivity index (χ3n) is 4.33. The van der Waals surface area contributed by atoms with Gasteiger partial charge in [0, 0.05) is 10.5 Å². The lowest BCUT2D eigenvalue weighted by Crippen LogP contribution is -2.35. The molecule has 184 valence electrons. The fourth-order valence-electron chi connectivity index (χ4n) is 2.79. The molecular weight excluding hydrogens is 568 g/mol. The lowest BCUT2D eigenvalue weighted by atomic mass is 10.2. The van der Waals surface area contributed by atoms with E-state index in [4.69, 9.17) is 31.4 Å². The molecule has 0 saturated carbocycles. The SMILES string of the molecule is N#Cc1cc(Br)cc(Oc2c(C(F)(F)F)ncn(Cc3cc(Cl)c(OCCO)c[n+]3[O-])c2=O)c1F. The van der Waals surface area contributed by atoms with Gasteiger partial charge in [0.05, 0.1) is 23.5 Å². The van der Waals surface area contributed by atoms with Gasteiger partial charge in [0.25, 0.3) is 5.56 Å². The molecule has 2 aromatic heterocycles. The summed E-state index contributed by atoms with van der Waals surface area (Å²) in [5, 5.41) is 30.1. The maximum Gasteiger partial charge on any atom is 0.437 e. The zero-order chi connectivity index (χ0) is 25.9. The van der Waals surface area contributed by atoms with Crippen LogP contribution in [0.3, 0.4) is 0 Å². The van der Waals surface area contributed by atoms with Gasteiger partial charge in [-0.3, -0.25) is 9.36 Å². The van der Waals surface area contributed by atoms with Gasteiger partial charge in [-0.05, 0) is 12.1 Å². The minimum atomic E-state index is -5.15. The van der Waals surface area contributed by atoms with E-state index in [1.165, 1.54) is 6.07 Å². The number of nitrogens with zero attached hydrogens (tertiary/aromatic N) is 4. The Morgan fingerprint density at radius 1 is 1.31 bits per heavy atom. The van der Waals surface area contributed by atoms with E-state index in [9.17, 15) is 27.6 Å². The van der Waals surface area contributed by atoms with Gasteiger partial charge in [-0.25, -0.2) is 9.37 Å². The van der Waals surface area contributed by atoms with Crippen molar-refractivity contribution in [3.05, 3.63) is 78.5 Å². The van der Waals surface area contributed by atoms with Crippen molar-refractivity contribution < 1.29 is 36.9 Å². The van der Waals surface area contributed by atoms with Crippen molar-refractivity contribution in [2.45, 2.75) is 12.7 Å². The smallest absolute Gasteiger partial charge is 0.437 e. The van der Waals surface area contributed by atoms with Crippen molar-refractivity contribution in [3.8, 4) is 23.3 Å². The standard InChI is InChI=1S/C20H12BrClF4N4O5/c21-11-3-10(6-27)16(23)14(4-11)35-17-18(20(24,25)26)28-9-29(19(17)32)7-12-5-13(22)15(8-30(12)33)34-2-1-31/h3-5,8-9,31H,1-2,7H2. The Morgan fingerprint density at radius 3 is 2.66 bits per heavy atom. The Kier molecular flexibility index (Phi) is 7.83. The van der Waals surface area contributed by atoms with Gasteiger partial charge in [-0.1, -0.05) is 27.5 Å². The van der Waals surface area contributed by atoms with Crippen LogP contribution in [-0.2, 0) is 12.7 Å². The highest BCUT2D eigenvalue weighted by molar-refractivity contribution is 9.10. The van der Waals surface area contributed by atoms with Gasteiger partial charge in [0.1, 0.15) is 19.2 Å². The monoisotopic (exact) mass is 578 g/mol. The average molecular weight is 580 g/mol. The van der Waals surface area contributed by atoms with Crippen molar-refractivity contribution in [1.82, 2.24) is 9.55 Å². The van der Waals surface area contributed by atoms with E-state index < -0.39 is 46.9 Å². The number of aliphatic hydroxyl groups excluding tert-OH is 1. The zero-order valence-corrected chi connectivity index (χ0v) is 19.5. The van der Waals surface area contributed by atoms with Crippen LogP contribution < -0.4 is 19.8 Å². The summed E-state index contributed by atoms with van der Waals surface area (Å²) >= 11 is 9.00.